The van der Waals surface area contributed by atoms with E-state index in [0.717, 1.165) is 71.8 Å². The molecular formula is C27H30N4O3. The number of benzene rings is 2. The molecule has 3 aromatic rings. The predicted molar refractivity (Wildman–Crippen MR) is 132 cm³/mol. The second kappa shape index (κ2) is 8.47. The SMILES string of the molecule is CNC1C[C@@H]1Oc1ccc(-c2cc(N3CC4CCNC(=O)C4C3)c3ccc(OC)cc3n2)cc1. The summed E-state index contributed by atoms with van der Waals surface area (Å²) in [5.74, 6) is 2.30. The van der Waals surface area contributed by atoms with Crippen LogP contribution < -0.4 is 25.0 Å². The van der Waals surface area contributed by atoms with E-state index in [1.165, 1.54) is 0 Å². The minimum absolute atomic E-state index is 0.0546. The zero-order valence-electron chi connectivity index (χ0n) is 19.6. The Balaban J connectivity index is 1.35. The number of aromatic nitrogens is 1. The van der Waals surface area contributed by atoms with E-state index in [4.69, 9.17) is 14.5 Å². The van der Waals surface area contributed by atoms with Crippen LogP contribution in [0.5, 0.6) is 11.5 Å². The topological polar surface area (TPSA) is 75.7 Å². The fourth-order valence-electron chi connectivity index (χ4n) is 5.38. The summed E-state index contributed by atoms with van der Waals surface area (Å²) in [7, 11) is 3.64. The van der Waals surface area contributed by atoms with Gasteiger partial charge < -0.3 is 25.0 Å². The van der Waals surface area contributed by atoms with Crippen molar-refractivity contribution in [3.05, 3.63) is 48.5 Å². The van der Waals surface area contributed by atoms with Crippen molar-refractivity contribution in [3.63, 3.8) is 0 Å². The van der Waals surface area contributed by atoms with Gasteiger partial charge in [0, 0.05) is 54.8 Å². The van der Waals surface area contributed by atoms with Crippen LogP contribution in [-0.2, 0) is 4.79 Å². The van der Waals surface area contributed by atoms with Crippen molar-refractivity contribution in [2.24, 2.45) is 11.8 Å². The lowest BCUT2D eigenvalue weighted by atomic mass is 9.89. The highest BCUT2D eigenvalue weighted by atomic mass is 16.5. The van der Waals surface area contributed by atoms with Crippen LogP contribution >= 0.6 is 0 Å². The van der Waals surface area contributed by atoms with Crippen molar-refractivity contribution in [1.82, 2.24) is 15.6 Å². The molecule has 2 N–H and O–H groups in total. The molecule has 6 rings (SSSR count). The molecular weight excluding hydrogens is 428 g/mol. The molecule has 2 saturated heterocycles. The Hall–Kier alpha value is -3.32. The number of rotatable bonds is 6. The maximum atomic E-state index is 12.5. The van der Waals surface area contributed by atoms with Gasteiger partial charge in [-0.15, -0.1) is 0 Å². The zero-order chi connectivity index (χ0) is 23.2. The highest BCUT2D eigenvalue weighted by molar-refractivity contribution is 5.95. The van der Waals surface area contributed by atoms with E-state index in [1.807, 2.05) is 31.3 Å². The normalized spacial score (nSPS) is 25.7. The molecule has 0 bridgehead atoms. The molecule has 3 unspecified atom stereocenters. The number of nitrogens with zero attached hydrogens (tertiary/aromatic N) is 2. The summed E-state index contributed by atoms with van der Waals surface area (Å²) in [4.78, 5) is 19.8. The van der Waals surface area contributed by atoms with Crippen LogP contribution in [0.25, 0.3) is 22.2 Å². The van der Waals surface area contributed by atoms with Gasteiger partial charge in [-0.05, 0) is 61.9 Å². The van der Waals surface area contributed by atoms with Crippen LogP contribution in [0, 0.1) is 11.8 Å². The highest BCUT2D eigenvalue weighted by Gasteiger charge is 2.40. The monoisotopic (exact) mass is 458 g/mol. The molecule has 176 valence electrons. The lowest BCUT2D eigenvalue weighted by Crippen LogP contribution is -2.41. The number of fused-ring (bicyclic) bond motifs is 2. The smallest absolute Gasteiger partial charge is 0.225 e. The number of anilines is 1. The number of nitrogens with one attached hydrogen (secondary N) is 2. The number of likely N-dealkylation sites (N-methyl/N-ethyl adjacent to an activating group) is 1. The molecule has 1 amide bonds. The fraction of sp³-hybridized carbons (Fsp3) is 0.407. The molecule has 7 nitrogen and oxygen atoms in total. The molecule has 7 heteroatoms. The standard InChI is InChI=1S/C27H30N4O3/c1-28-24-13-26(24)34-18-5-3-16(4-6-18)22-12-25(20-8-7-19(33-2)11-23(20)30-22)31-14-17-9-10-29-27(32)21(17)15-31/h3-8,11-12,17,21,24,26,28H,9-10,13-15H2,1-2H3,(H,29,32)/t17?,21?,24?,26-/m0/s1. The molecule has 2 aliphatic heterocycles. The Morgan fingerprint density at radius 1 is 1.09 bits per heavy atom. The van der Waals surface area contributed by atoms with E-state index in [0.29, 0.717) is 12.0 Å². The van der Waals surface area contributed by atoms with Gasteiger partial charge in [0.1, 0.15) is 17.6 Å². The molecule has 3 heterocycles. The average molecular weight is 459 g/mol. The van der Waals surface area contributed by atoms with Gasteiger partial charge in [-0.3, -0.25) is 4.79 Å². The van der Waals surface area contributed by atoms with Crippen molar-refractivity contribution in [3.8, 4) is 22.8 Å². The highest BCUT2D eigenvalue weighted by Crippen LogP contribution is 2.38. The predicted octanol–water partition coefficient (Wildman–Crippen LogP) is 3.22. The van der Waals surface area contributed by atoms with Crippen molar-refractivity contribution in [2.45, 2.75) is 25.0 Å². The van der Waals surface area contributed by atoms with E-state index in [-0.39, 0.29) is 17.9 Å². The van der Waals surface area contributed by atoms with Gasteiger partial charge >= 0.3 is 0 Å². The Kier molecular flexibility index (Phi) is 5.29. The first-order chi connectivity index (χ1) is 16.6. The van der Waals surface area contributed by atoms with E-state index in [2.05, 4.69) is 39.8 Å². The third-order valence-electron chi connectivity index (χ3n) is 7.47. The number of pyridine rings is 1. The number of ether oxygens (including phenoxy) is 2. The lowest BCUT2D eigenvalue weighted by Gasteiger charge is -2.23. The van der Waals surface area contributed by atoms with E-state index in [1.54, 1.807) is 7.11 Å². The van der Waals surface area contributed by atoms with Crippen molar-refractivity contribution >= 4 is 22.5 Å². The summed E-state index contributed by atoms with van der Waals surface area (Å²) in [5, 5.41) is 7.37. The van der Waals surface area contributed by atoms with Gasteiger partial charge in [0.15, 0.2) is 0 Å². The van der Waals surface area contributed by atoms with Crippen LogP contribution in [-0.4, -0.2) is 56.8 Å². The Morgan fingerprint density at radius 3 is 2.65 bits per heavy atom. The maximum absolute atomic E-state index is 12.5. The molecule has 3 aliphatic rings. The molecule has 0 spiro atoms. The first-order valence-electron chi connectivity index (χ1n) is 12.1. The molecule has 2 aromatic carbocycles. The van der Waals surface area contributed by atoms with Gasteiger partial charge in [-0.2, -0.15) is 0 Å². The van der Waals surface area contributed by atoms with Gasteiger partial charge in [-0.1, -0.05) is 0 Å². The van der Waals surface area contributed by atoms with Crippen LogP contribution in [0.1, 0.15) is 12.8 Å². The minimum atomic E-state index is 0.0546. The molecule has 1 aliphatic carbocycles. The Bertz CT molecular complexity index is 1230. The second-order valence-corrected chi connectivity index (χ2v) is 9.57. The molecule has 1 saturated carbocycles. The van der Waals surface area contributed by atoms with Gasteiger partial charge in [-0.25, -0.2) is 4.98 Å². The summed E-state index contributed by atoms with van der Waals surface area (Å²) in [6.07, 6.45) is 2.34. The Labute approximate surface area is 199 Å². The molecule has 1 aromatic heterocycles. The molecule has 0 radical (unpaired) electrons. The number of hydrogen-bond donors (Lipinski definition) is 2. The number of hydrogen-bond acceptors (Lipinski definition) is 6. The molecule has 34 heavy (non-hydrogen) atoms. The number of carbonyl (C=O) groups is 1. The van der Waals surface area contributed by atoms with E-state index in [9.17, 15) is 4.79 Å². The van der Waals surface area contributed by atoms with Crippen LogP contribution in [0.4, 0.5) is 5.69 Å². The molecule has 4 atom stereocenters. The largest absolute Gasteiger partial charge is 0.497 e. The first-order valence-corrected chi connectivity index (χ1v) is 12.1. The summed E-state index contributed by atoms with van der Waals surface area (Å²) in [6, 6.07) is 16.8. The maximum Gasteiger partial charge on any atom is 0.225 e. The number of methoxy groups -OCH3 is 1. The van der Waals surface area contributed by atoms with Crippen molar-refractivity contribution in [1.29, 1.82) is 0 Å². The zero-order valence-corrected chi connectivity index (χ0v) is 19.6. The van der Waals surface area contributed by atoms with Crippen molar-refractivity contribution < 1.29 is 14.3 Å². The van der Waals surface area contributed by atoms with Gasteiger partial charge in [0.25, 0.3) is 0 Å². The third-order valence-corrected chi connectivity index (χ3v) is 7.47. The average Bonchev–Trinajstić information content (AvgIpc) is 3.47. The summed E-state index contributed by atoms with van der Waals surface area (Å²) < 4.78 is 11.5. The van der Waals surface area contributed by atoms with Gasteiger partial charge in [0.2, 0.25) is 5.91 Å². The van der Waals surface area contributed by atoms with Crippen molar-refractivity contribution in [2.75, 3.05) is 38.7 Å². The number of carbonyl (C=O) groups excluding carboxylic acids is 1. The fourth-order valence-corrected chi connectivity index (χ4v) is 5.38. The Morgan fingerprint density at radius 2 is 1.91 bits per heavy atom. The quantitative estimate of drug-likeness (QED) is 0.591. The molecule has 3 fully saturated rings. The summed E-state index contributed by atoms with van der Waals surface area (Å²) >= 11 is 0. The van der Waals surface area contributed by atoms with E-state index < -0.39 is 0 Å². The summed E-state index contributed by atoms with van der Waals surface area (Å²) in [5.41, 5.74) is 3.95. The summed E-state index contributed by atoms with van der Waals surface area (Å²) in [6.45, 7) is 2.41. The van der Waals surface area contributed by atoms with E-state index >= 15 is 0 Å². The van der Waals surface area contributed by atoms with Gasteiger partial charge in [0.05, 0.1) is 24.2 Å². The third kappa shape index (κ3) is 3.84. The van der Waals surface area contributed by atoms with Crippen LogP contribution in [0.2, 0.25) is 0 Å². The lowest BCUT2D eigenvalue weighted by molar-refractivity contribution is -0.127. The first kappa shape index (κ1) is 21.2. The second-order valence-electron chi connectivity index (χ2n) is 9.57. The minimum Gasteiger partial charge on any atom is -0.497 e. The van der Waals surface area contributed by atoms with Crippen LogP contribution in [0.3, 0.4) is 0 Å². The number of piperidine rings is 1. The van der Waals surface area contributed by atoms with Crippen LogP contribution in [0.15, 0.2) is 48.5 Å². The number of amides is 1.